The third-order valence-corrected chi connectivity index (χ3v) is 2.34. The van der Waals surface area contributed by atoms with Crippen LogP contribution in [0.2, 0.25) is 0 Å². The van der Waals surface area contributed by atoms with Gasteiger partial charge in [0.2, 0.25) is 0 Å². The van der Waals surface area contributed by atoms with E-state index in [0.29, 0.717) is 17.7 Å². The van der Waals surface area contributed by atoms with Crippen LogP contribution >= 0.6 is 0 Å². The Morgan fingerprint density at radius 1 is 1.20 bits per heavy atom. The van der Waals surface area contributed by atoms with Crippen molar-refractivity contribution in [1.29, 1.82) is 0 Å². The molecular weight excluding hydrogens is 190 g/mol. The zero-order chi connectivity index (χ0) is 11.5. The van der Waals surface area contributed by atoms with E-state index in [9.17, 15) is 0 Å². The highest BCUT2D eigenvalue weighted by atomic mass is 15.5. The van der Waals surface area contributed by atoms with Crippen molar-refractivity contribution in [2.24, 2.45) is 17.6 Å². The molecule has 1 aromatic rings. The van der Waals surface area contributed by atoms with E-state index in [1.165, 1.54) is 0 Å². The number of nitrogens with two attached hydrogens (primary N) is 1. The maximum atomic E-state index is 6.38. The smallest absolute Gasteiger partial charge is 0.194 e. The fourth-order valence-electron chi connectivity index (χ4n) is 2.10. The number of hydrogen-bond acceptors (Lipinski definition) is 4. The molecule has 3 N–H and O–H groups in total. The predicted octanol–water partition coefficient (Wildman–Crippen LogP) is 1.45. The zero-order valence-corrected chi connectivity index (χ0v) is 9.99. The number of nitrogens with zero attached hydrogens (tertiary/aromatic N) is 3. The van der Waals surface area contributed by atoms with Gasteiger partial charge >= 0.3 is 0 Å². The summed E-state index contributed by atoms with van der Waals surface area (Å²) in [4.78, 5) is 0. The van der Waals surface area contributed by atoms with E-state index in [1.807, 2.05) is 0 Å². The van der Waals surface area contributed by atoms with E-state index in [2.05, 4.69) is 48.3 Å². The Bertz CT molecular complexity index is 268. The Labute approximate surface area is 90.8 Å². The van der Waals surface area contributed by atoms with Crippen molar-refractivity contribution in [2.75, 3.05) is 0 Å². The largest absolute Gasteiger partial charge is 0.319 e. The van der Waals surface area contributed by atoms with E-state index in [0.717, 1.165) is 12.8 Å². The minimum atomic E-state index is -0.449. The number of aromatic amines is 1. The summed E-state index contributed by atoms with van der Waals surface area (Å²) >= 11 is 0. The first-order chi connectivity index (χ1) is 6.94. The summed E-state index contributed by atoms with van der Waals surface area (Å²) in [5.41, 5.74) is 5.93. The van der Waals surface area contributed by atoms with Crippen LogP contribution in [-0.2, 0) is 5.54 Å². The third kappa shape index (κ3) is 3.27. The van der Waals surface area contributed by atoms with Crippen LogP contribution in [0.5, 0.6) is 0 Å². The van der Waals surface area contributed by atoms with Crippen molar-refractivity contribution >= 4 is 0 Å². The van der Waals surface area contributed by atoms with Crippen molar-refractivity contribution in [2.45, 2.75) is 46.1 Å². The number of hydrogen-bond donors (Lipinski definition) is 2. The summed E-state index contributed by atoms with van der Waals surface area (Å²) in [5.74, 6) is 1.67. The SMILES string of the molecule is CC(C)CC(N)(CC(C)C)c1nn[nH]n1. The highest BCUT2D eigenvalue weighted by molar-refractivity contribution is 5.02. The molecule has 0 spiro atoms. The Morgan fingerprint density at radius 2 is 1.73 bits per heavy atom. The molecule has 1 aromatic heterocycles. The minimum Gasteiger partial charge on any atom is -0.319 e. The molecule has 0 saturated carbocycles. The number of tetrazole rings is 1. The molecule has 0 aliphatic rings. The number of H-pyrrole nitrogens is 1. The summed E-state index contributed by atoms with van der Waals surface area (Å²) in [6.45, 7) is 8.62. The molecule has 1 heterocycles. The van der Waals surface area contributed by atoms with Crippen molar-refractivity contribution < 1.29 is 0 Å². The minimum absolute atomic E-state index is 0.449. The van der Waals surface area contributed by atoms with Gasteiger partial charge in [-0.1, -0.05) is 32.9 Å². The van der Waals surface area contributed by atoms with Gasteiger partial charge in [-0.3, -0.25) is 0 Å². The van der Waals surface area contributed by atoms with E-state index in [-0.39, 0.29) is 0 Å². The Morgan fingerprint density at radius 3 is 2.07 bits per heavy atom. The van der Waals surface area contributed by atoms with Gasteiger partial charge < -0.3 is 5.73 Å². The second-order valence-corrected chi connectivity index (χ2v) is 5.09. The van der Waals surface area contributed by atoms with E-state index in [1.54, 1.807) is 0 Å². The predicted molar refractivity (Wildman–Crippen MR) is 59.0 cm³/mol. The molecule has 1 rings (SSSR count). The molecule has 0 aliphatic carbocycles. The Kier molecular flexibility index (Phi) is 3.79. The average molecular weight is 211 g/mol. The molecule has 0 bridgehead atoms. The molecule has 0 atom stereocenters. The first-order valence-corrected chi connectivity index (χ1v) is 5.47. The van der Waals surface area contributed by atoms with Crippen LogP contribution in [0.25, 0.3) is 0 Å². The van der Waals surface area contributed by atoms with Gasteiger partial charge in [0.15, 0.2) is 5.82 Å². The van der Waals surface area contributed by atoms with Crippen molar-refractivity contribution in [3.05, 3.63) is 5.82 Å². The lowest BCUT2D eigenvalue weighted by molar-refractivity contribution is 0.275. The van der Waals surface area contributed by atoms with Crippen LogP contribution in [0.3, 0.4) is 0 Å². The third-order valence-electron chi connectivity index (χ3n) is 2.34. The van der Waals surface area contributed by atoms with Crippen LogP contribution < -0.4 is 5.73 Å². The van der Waals surface area contributed by atoms with Gasteiger partial charge in [0.25, 0.3) is 0 Å². The zero-order valence-electron chi connectivity index (χ0n) is 9.99. The molecule has 0 fully saturated rings. The van der Waals surface area contributed by atoms with Gasteiger partial charge in [-0.05, 0) is 24.7 Å². The van der Waals surface area contributed by atoms with Crippen molar-refractivity contribution in [3.63, 3.8) is 0 Å². The second kappa shape index (κ2) is 4.70. The maximum Gasteiger partial charge on any atom is 0.194 e. The normalized spacial score (nSPS) is 12.7. The van der Waals surface area contributed by atoms with Gasteiger partial charge in [-0.2, -0.15) is 5.21 Å². The lowest BCUT2D eigenvalue weighted by Crippen LogP contribution is -2.40. The van der Waals surface area contributed by atoms with Gasteiger partial charge in [0, 0.05) is 0 Å². The Hall–Kier alpha value is -0.970. The second-order valence-electron chi connectivity index (χ2n) is 5.09. The molecule has 0 saturated heterocycles. The number of nitrogens with one attached hydrogen (secondary N) is 1. The van der Waals surface area contributed by atoms with Crippen LogP contribution in [0.1, 0.15) is 46.4 Å². The number of aromatic nitrogens is 4. The van der Waals surface area contributed by atoms with Crippen LogP contribution in [-0.4, -0.2) is 20.6 Å². The molecule has 0 unspecified atom stereocenters. The molecule has 0 aliphatic heterocycles. The fraction of sp³-hybridized carbons (Fsp3) is 0.900. The molecule has 0 amide bonds. The summed E-state index contributed by atoms with van der Waals surface area (Å²) in [6, 6.07) is 0. The first-order valence-electron chi connectivity index (χ1n) is 5.47. The molecule has 86 valence electrons. The first kappa shape index (κ1) is 12.1. The summed E-state index contributed by atoms with van der Waals surface area (Å²) in [7, 11) is 0. The summed E-state index contributed by atoms with van der Waals surface area (Å²) in [5, 5.41) is 14.1. The van der Waals surface area contributed by atoms with Gasteiger partial charge in [-0.25, -0.2) is 0 Å². The molecule has 0 radical (unpaired) electrons. The number of rotatable bonds is 5. The summed E-state index contributed by atoms with van der Waals surface area (Å²) < 4.78 is 0. The van der Waals surface area contributed by atoms with E-state index in [4.69, 9.17) is 5.73 Å². The molecule has 15 heavy (non-hydrogen) atoms. The molecule has 5 heteroatoms. The monoisotopic (exact) mass is 211 g/mol. The standard InChI is InChI=1S/C10H21N5/c1-7(2)5-10(11,6-8(3)4)9-12-14-15-13-9/h7-8H,5-6,11H2,1-4H3,(H,12,13,14,15). The lowest BCUT2D eigenvalue weighted by atomic mass is 9.82. The topological polar surface area (TPSA) is 80.5 Å². The van der Waals surface area contributed by atoms with E-state index >= 15 is 0 Å². The van der Waals surface area contributed by atoms with Crippen LogP contribution in [0.15, 0.2) is 0 Å². The van der Waals surface area contributed by atoms with E-state index < -0.39 is 5.54 Å². The Balaban J connectivity index is 2.85. The molecule has 0 aromatic carbocycles. The highest BCUT2D eigenvalue weighted by Crippen LogP contribution is 2.29. The van der Waals surface area contributed by atoms with Crippen molar-refractivity contribution in [3.8, 4) is 0 Å². The van der Waals surface area contributed by atoms with Crippen LogP contribution in [0, 0.1) is 11.8 Å². The van der Waals surface area contributed by atoms with Gasteiger partial charge in [0.05, 0.1) is 5.54 Å². The fourth-order valence-corrected chi connectivity index (χ4v) is 2.10. The van der Waals surface area contributed by atoms with Gasteiger partial charge in [-0.15, -0.1) is 10.2 Å². The van der Waals surface area contributed by atoms with Crippen LogP contribution in [0.4, 0.5) is 0 Å². The quantitative estimate of drug-likeness (QED) is 0.772. The highest BCUT2D eigenvalue weighted by Gasteiger charge is 2.33. The van der Waals surface area contributed by atoms with Gasteiger partial charge in [0.1, 0.15) is 0 Å². The lowest BCUT2D eigenvalue weighted by Gasteiger charge is -2.29. The maximum absolute atomic E-state index is 6.38. The van der Waals surface area contributed by atoms with Crippen molar-refractivity contribution in [1.82, 2.24) is 20.6 Å². The average Bonchev–Trinajstić information content (AvgIpc) is 2.51. The summed E-state index contributed by atoms with van der Waals surface area (Å²) in [6.07, 6.45) is 1.76. The molecule has 5 nitrogen and oxygen atoms in total. The molecular formula is C10H21N5.